The van der Waals surface area contributed by atoms with Gasteiger partial charge in [0, 0.05) is 0 Å². The second-order valence-electron chi connectivity index (χ2n) is 7.65. The largest absolute Gasteiger partial charge is 1.00 e. The zero-order valence-electron chi connectivity index (χ0n) is 18.2. The van der Waals surface area contributed by atoms with Gasteiger partial charge in [-0.15, -0.1) is 0 Å². The van der Waals surface area contributed by atoms with E-state index in [4.69, 9.17) is 0 Å². The molecule has 3 rings (SSSR count). The molecule has 0 radical (unpaired) electrons. The van der Waals surface area contributed by atoms with E-state index in [1.54, 1.807) is 0 Å². The molecule has 0 fully saturated rings. The summed E-state index contributed by atoms with van der Waals surface area (Å²) in [7, 11) is -5.30. The number of nitrogens with zero attached hydrogens (tertiary/aromatic N) is 6. The molecular formula is C15H4BCuF18N6. The van der Waals surface area contributed by atoms with Crippen molar-refractivity contribution in [2.24, 2.45) is 0 Å². The molecule has 0 aliphatic heterocycles. The first-order chi connectivity index (χ1) is 17.6. The quantitative estimate of drug-likeness (QED) is 0.250. The fourth-order valence-corrected chi connectivity index (χ4v) is 3.38. The van der Waals surface area contributed by atoms with Gasteiger partial charge in [0.15, 0.2) is 17.1 Å². The molecule has 0 saturated heterocycles. The van der Waals surface area contributed by atoms with E-state index in [9.17, 15) is 79.0 Å². The standard InChI is InChI=1S/C15H4BF18N6.Cu/c17-10(18,19)4-1-7(13(26,27)28)38(35-4)16(39-8(14(29,30)31)2-5(36-39)11(20,21)22)40-9(15(32,33)34)3-6(37-40)12(23,24)25;/h1-3,16H;/q-1;+1. The first-order valence-electron chi connectivity index (χ1n) is 9.52. The molecule has 0 spiro atoms. The van der Waals surface area contributed by atoms with Gasteiger partial charge in [-0.25, -0.2) is 15.3 Å². The van der Waals surface area contributed by atoms with Crippen LogP contribution in [0, 0.1) is 0 Å². The third-order valence-corrected chi connectivity index (χ3v) is 4.89. The van der Waals surface area contributed by atoms with Crippen LogP contribution in [0.5, 0.6) is 0 Å². The molecule has 3 aromatic heterocycles. The van der Waals surface area contributed by atoms with Gasteiger partial charge in [-0.2, -0.15) is 79.0 Å². The van der Waals surface area contributed by atoms with Gasteiger partial charge in [-0.1, -0.05) is 0 Å². The SMILES string of the molecule is FC(F)(F)c1cc(C(F)(F)F)n([BH-](n2nc(C(F)(F)F)cc2C(F)(F)F)n2nc(C(F)(F)F)cc2C(F)(F)F)n1.[Cu+]. The zero-order chi connectivity index (χ0) is 31.0. The number of alkyl halides is 18. The van der Waals surface area contributed by atoms with Crippen molar-refractivity contribution in [1.29, 1.82) is 0 Å². The van der Waals surface area contributed by atoms with E-state index in [0.29, 0.717) is 0 Å². The number of hydrogen-bond acceptors (Lipinski definition) is 3. The molecule has 0 saturated carbocycles. The third kappa shape index (κ3) is 6.89. The van der Waals surface area contributed by atoms with E-state index in [2.05, 4.69) is 15.3 Å². The maximum atomic E-state index is 13.6. The third-order valence-electron chi connectivity index (χ3n) is 4.89. The number of rotatable bonds is 3. The van der Waals surface area contributed by atoms with Gasteiger partial charge in [0.1, 0.15) is 17.1 Å². The zero-order valence-corrected chi connectivity index (χ0v) is 19.2. The van der Waals surface area contributed by atoms with Crippen molar-refractivity contribution in [3.63, 3.8) is 0 Å². The summed E-state index contributed by atoms with van der Waals surface area (Å²) in [5, 5.41) is 6.84. The minimum absolute atomic E-state index is 0. The topological polar surface area (TPSA) is 53.5 Å². The van der Waals surface area contributed by atoms with Crippen LogP contribution >= 0.6 is 0 Å². The molecule has 41 heavy (non-hydrogen) atoms. The fourth-order valence-electron chi connectivity index (χ4n) is 3.38. The summed E-state index contributed by atoms with van der Waals surface area (Å²) in [5.41, 5.74) is -16.3. The van der Waals surface area contributed by atoms with Gasteiger partial charge < -0.3 is 13.8 Å². The van der Waals surface area contributed by atoms with E-state index in [0.717, 1.165) is 0 Å². The van der Waals surface area contributed by atoms with Crippen molar-refractivity contribution in [2.45, 2.75) is 37.1 Å². The van der Waals surface area contributed by atoms with E-state index in [1.165, 1.54) is 0 Å². The van der Waals surface area contributed by atoms with E-state index >= 15 is 0 Å². The number of hydrogen-bond donors (Lipinski definition) is 0. The van der Waals surface area contributed by atoms with Crippen LogP contribution in [0.4, 0.5) is 79.0 Å². The summed E-state index contributed by atoms with van der Waals surface area (Å²) < 4.78 is 237. The second-order valence-corrected chi connectivity index (χ2v) is 7.65. The Balaban J connectivity index is 0.00000588. The van der Waals surface area contributed by atoms with Crippen LogP contribution in [-0.4, -0.2) is 36.2 Å². The van der Waals surface area contributed by atoms with Crippen LogP contribution in [0.3, 0.4) is 0 Å². The molecule has 3 heterocycles. The van der Waals surface area contributed by atoms with Crippen LogP contribution in [0.25, 0.3) is 0 Å². The van der Waals surface area contributed by atoms with Gasteiger partial charge in [-0.05, 0) is 18.2 Å². The minimum atomic E-state index is -6.13. The summed E-state index contributed by atoms with van der Waals surface area (Å²) in [6.07, 6.45) is -36.1. The van der Waals surface area contributed by atoms with Gasteiger partial charge in [0.2, 0.25) is 0 Å². The summed E-state index contributed by atoms with van der Waals surface area (Å²) in [5.74, 6) is 0. The van der Waals surface area contributed by atoms with Crippen molar-refractivity contribution in [3.05, 3.63) is 52.4 Å². The summed E-state index contributed by atoms with van der Waals surface area (Å²) in [6, 6.07) is -2.82. The monoisotopic (exact) mass is 684 g/mol. The molecule has 0 unspecified atom stereocenters. The Hall–Kier alpha value is -3.05. The van der Waals surface area contributed by atoms with Crippen molar-refractivity contribution >= 4 is 7.12 Å². The minimum Gasteiger partial charge on any atom is -0.392 e. The Morgan fingerprint density at radius 1 is 0.390 bits per heavy atom. The van der Waals surface area contributed by atoms with Crippen LogP contribution in [0.2, 0.25) is 0 Å². The Morgan fingerprint density at radius 3 is 0.732 bits per heavy atom. The van der Waals surface area contributed by atoms with E-state index in [1.807, 2.05) is 0 Å². The molecule has 0 aliphatic rings. The predicted octanol–water partition coefficient (Wildman–Crippen LogP) is 6.05. The van der Waals surface area contributed by atoms with Crippen molar-refractivity contribution in [3.8, 4) is 0 Å². The second kappa shape index (κ2) is 10.0. The van der Waals surface area contributed by atoms with Crippen LogP contribution in [0.15, 0.2) is 18.2 Å². The molecule has 0 N–H and O–H groups in total. The predicted molar refractivity (Wildman–Crippen MR) is 90.0 cm³/mol. The Morgan fingerprint density at radius 2 is 0.585 bits per heavy atom. The maximum absolute atomic E-state index is 13.6. The average Bonchev–Trinajstić information content (AvgIpc) is 3.42. The van der Waals surface area contributed by atoms with Crippen molar-refractivity contribution in [1.82, 2.24) is 29.1 Å². The molecule has 234 valence electrons. The van der Waals surface area contributed by atoms with Crippen molar-refractivity contribution < 1.29 is 96.1 Å². The molecular weight excluding hydrogens is 681 g/mol. The molecule has 0 atom stereocenters. The summed E-state index contributed by atoms with van der Waals surface area (Å²) >= 11 is 0. The van der Waals surface area contributed by atoms with E-state index < -0.39 is 110 Å². The molecule has 0 bridgehead atoms. The molecule has 0 amide bonds. The number of aromatic nitrogens is 6. The Bertz CT molecular complexity index is 1220. The summed E-state index contributed by atoms with van der Waals surface area (Å²) in [6.45, 7) is 0. The first kappa shape index (κ1) is 34.2. The van der Waals surface area contributed by atoms with Gasteiger partial charge >= 0.3 is 61.2 Å². The fraction of sp³-hybridized carbons (Fsp3) is 0.400. The molecule has 0 aliphatic carbocycles. The van der Waals surface area contributed by atoms with Gasteiger partial charge in [-0.3, -0.25) is 0 Å². The number of halogens is 18. The average molecular weight is 685 g/mol. The molecule has 6 nitrogen and oxygen atoms in total. The van der Waals surface area contributed by atoms with Gasteiger partial charge in [0.05, 0.1) is 0 Å². The first-order valence-corrected chi connectivity index (χ1v) is 9.52. The van der Waals surface area contributed by atoms with E-state index in [-0.39, 0.29) is 17.1 Å². The molecule has 26 heteroatoms. The van der Waals surface area contributed by atoms with Crippen molar-refractivity contribution in [2.75, 3.05) is 0 Å². The Labute approximate surface area is 222 Å². The smallest absolute Gasteiger partial charge is 0.392 e. The van der Waals surface area contributed by atoms with Gasteiger partial charge in [0.25, 0.3) is 0 Å². The Kier molecular flexibility index (Phi) is 8.37. The molecule has 0 aromatic carbocycles. The molecule has 3 aromatic rings. The van der Waals surface area contributed by atoms with Crippen LogP contribution in [-0.2, 0) is 54.1 Å². The normalized spacial score (nSPS) is 14.1. The van der Waals surface area contributed by atoms with Crippen LogP contribution < -0.4 is 0 Å². The summed E-state index contributed by atoms with van der Waals surface area (Å²) in [4.78, 5) is 0. The van der Waals surface area contributed by atoms with Crippen LogP contribution in [0.1, 0.15) is 34.2 Å². The maximum Gasteiger partial charge on any atom is 1.00 e.